The molecule has 1 aromatic carbocycles. The van der Waals surface area contributed by atoms with E-state index in [0.29, 0.717) is 36.7 Å². The van der Waals surface area contributed by atoms with Crippen molar-refractivity contribution in [3.8, 4) is 0 Å². The molecule has 1 aliphatic heterocycles. The lowest BCUT2D eigenvalue weighted by molar-refractivity contribution is -0.119. The number of nitrogens with zero attached hydrogens (tertiary/aromatic N) is 2. The summed E-state index contributed by atoms with van der Waals surface area (Å²) in [4.78, 5) is 29.1. The molecule has 6 nitrogen and oxygen atoms in total. The summed E-state index contributed by atoms with van der Waals surface area (Å²) in [5.41, 5.74) is 1.27. The van der Waals surface area contributed by atoms with Gasteiger partial charge in [-0.05, 0) is 29.8 Å². The van der Waals surface area contributed by atoms with Gasteiger partial charge in [-0.25, -0.2) is 18.2 Å². The highest BCUT2D eigenvalue weighted by molar-refractivity contribution is 5.98. The van der Waals surface area contributed by atoms with Crippen molar-refractivity contribution in [3.05, 3.63) is 58.5 Å². The van der Waals surface area contributed by atoms with Gasteiger partial charge in [0.05, 0.1) is 17.8 Å². The van der Waals surface area contributed by atoms with E-state index in [1.165, 1.54) is 6.92 Å². The summed E-state index contributed by atoms with van der Waals surface area (Å²) >= 11 is 0. The third-order valence-corrected chi connectivity index (χ3v) is 4.11. The molecule has 1 aromatic heterocycles. The number of pyridine rings is 1. The first kappa shape index (κ1) is 18.7. The van der Waals surface area contributed by atoms with E-state index in [1.54, 1.807) is 17.0 Å². The second kappa shape index (κ2) is 7.65. The highest BCUT2D eigenvalue weighted by Crippen LogP contribution is 2.23. The Balaban J connectivity index is 1.64. The molecule has 0 bridgehead atoms. The van der Waals surface area contributed by atoms with Crippen molar-refractivity contribution in [1.29, 1.82) is 0 Å². The van der Waals surface area contributed by atoms with Crippen LogP contribution >= 0.6 is 0 Å². The number of rotatable bonds is 6. The number of aromatic nitrogens is 1. The molecule has 27 heavy (non-hydrogen) atoms. The van der Waals surface area contributed by atoms with Gasteiger partial charge in [-0.3, -0.25) is 9.59 Å². The van der Waals surface area contributed by atoms with E-state index in [9.17, 15) is 22.8 Å². The summed E-state index contributed by atoms with van der Waals surface area (Å²) in [6, 6.07) is 5.03. The van der Waals surface area contributed by atoms with Crippen LogP contribution in [0.5, 0.6) is 0 Å². The lowest BCUT2D eigenvalue weighted by Crippen LogP contribution is -2.34. The molecular weight excluding hydrogens is 361 g/mol. The molecule has 0 spiro atoms. The first-order valence-electron chi connectivity index (χ1n) is 8.26. The van der Waals surface area contributed by atoms with Crippen molar-refractivity contribution < 1.29 is 22.8 Å². The van der Waals surface area contributed by atoms with Crippen LogP contribution in [0, 0.1) is 17.5 Å². The fourth-order valence-corrected chi connectivity index (χ4v) is 2.79. The summed E-state index contributed by atoms with van der Waals surface area (Å²) in [5, 5.41) is 5.53. The summed E-state index contributed by atoms with van der Waals surface area (Å²) in [7, 11) is 0. The van der Waals surface area contributed by atoms with E-state index in [4.69, 9.17) is 0 Å². The first-order valence-corrected chi connectivity index (χ1v) is 8.26. The number of carbonyl (C=O) groups excluding carboxylic acids is 2. The summed E-state index contributed by atoms with van der Waals surface area (Å²) in [6.07, 6.45) is 0. The van der Waals surface area contributed by atoms with Crippen LogP contribution in [0.2, 0.25) is 0 Å². The summed E-state index contributed by atoms with van der Waals surface area (Å²) in [6.45, 7) is 2.47. The molecule has 2 N–H and O–H groups in total. The standard InChI is InChI=1S/C18H17F3N4O2/c1-10(26)22-4-5-25-9-15-12(18(25)27)2-3-16(24-15)23-8-11-6-13(19)17(21)14(20)7-11/h2-3,6-7H,4-5,8-9H2,1H3,(H,22,26)(H,23,24). The Morgan fingerprint density at radius 1 is 1.22 bits per heavy atom. The lowest BCUT2D eigenvalue weighted by atomic mass is 10.2. The molecule has 2 amide bonds. The Morgan fingerprint density at radius 3 is 2.59 bits per heavy atom. The van der Waals surface area contributed by atoms with Crippen LogP contribution in [-0.4, -0.2) is 34.8 Å². The number of fused-ring (bicyclic) bond motifs is 1. The normalized spacial score (nSPS) is 12.9. The van der Waals surface area contributed by atoms with Crippen molar-refractivity contribution in [1.82, 2.24) is 15.2 Å². The van der Waals surface area contributed by atoms with E-state index in [1.807, 2.05) is 0 Å². The zero-order valence-corrected chi connectivity index (χ0v) is 14.5. The molecule has 2 heterocycles. The van der Waals surface area contributed by atoms with E-state index >= 15 is 0 Å². The van der Waals surface area contributed by atoms with E-state index in [-0.39, 0.29) is 23.9 Å². The summed E-state index contributed by atoms with van der Waals surface area (Å²) < 4.78 is 39.5. The Hall–Kier alpha value is -3.10. The molecule has 9 heteroatoms. The number of nitrogens with one attached hydrogen (secondary N) is 2. The first-order chi connectivity index (χ1) is 12.8. The van der Waals surface area contributed by atoms with E-state index in [2.05, 4.69) is 15.6 Å². The van der Waals surface area contributed by atoms with Crippen LogP contribution in [0.3, 0.4) is 0 Å². The highest BCUT2D eigenvalue weighted by atomic mass is 19.2. The summed E-state index contributed by atoms with van der Waals surface area (Å²) in [5.74, 6) is -3.93. The SMILES string of the molecule is CC(=O)NCCN1Cc2nc(NCc3cc(F)c(F)c(F)c3)ccc2C1=O. The molecule has 0 unspecified atom stereocenters. The number of carbonyl (C=O) groups is 2. The smallest absolute Gasteiger partial charge is 0.256 e. The Morgan fingerprint density at radius 2 is 1.93 bits per heavy atom. The van der Waals surface area contributed by atoms with Crippen LogP contribution in [0.1, 0.15) is 28.5 Å². The molecule has 0 fully saturated rings. The predicted octanol–water partition coefficient (Wildman–Crippen LogP) is 2.20. The minimum Gasteiger partial charge on any atom is -0.366 e. The minimum absolute atomic E-state index is 0.0418. The van der Waals surface area contributed by atoms with Gasteiger partial charge in [0.2, 0.25) is 5.91 Å². The lowest BCUT2D eigenvalue weighted by Gasteiger charge is -2.14. The van der Waals surface area contributed by atoms with E-state index < -0.39 is 17.5 Å². The van der Waals surface area contributed by atoms with Gasteiger partial charge in [0.15, 0.2) is 17.5 Å². The molecule has 2 aromatic rings. The van der Waals surface area contributed by atoms with Crippen LogP contribution in [-0.2, 0) is 17.9 Å². The van der Waals surface area contributed by atoms with Crippen LogP contribution in [0.4, 0.5) is 19.0 Å². The zero-order chi connectivity index (χ0) is 19.6. The fourth-order valence-electron chi connectivity index (χ4n) is 2.79. The van der Waals surface area contributed by atoms with Gasteiger partial charge in [0.1, 0.15) is 5.82 Å². The maximum atomic E-state index is 13.3. The minimum atomic E-state index is -1.51. The largest absolute Gasteiger partial charge is 0.366 e. The Kier molecular flexibility index (Phi) is 5.29. The van der Waals surface area contributed by atoms with Crippen LogP contribution in [0.25, 0.3) is 0 Å². The molecule has 0 saturated heterocycles. The Labute approximate surface area is 153 Å². The quantitative estimate of drug-likeness (QED) is 0.756. The average Bonchev–Trinajstić information content (AvgIpc) is 2.93. The molecule has 0 atom stereocenters. The number of hydrogen-bond acceptors (Lipinski definition) is 4. The third kappa shape index (κ3) is 4.18. The molecule has 0 saturated carbocycles. The predicted molar refractivity (Wildman–Crippen MR) is 91.3 cm³/mol. The Bertz CT molecular complexity index is 881. The number of anilines is 1. The molecule has 0 radical (unpaired) electrons. The van der Waals surface area contributed by atoms with Crippen molar-refractivity contribution in [3.63, 3.8) is 0 Å². The molecule has 0 aliphatic carbocycles. The average molecular weight is 378 g/mol. The molecule has 142 valence electrons. The van der Waals surface area contributed by atoms with Gasteiger partial charge in [0, 0.05) is 26.6 Å². The van der Waals surface area contributed by atoms with Gasteiger partial charge in [-0.1, -0.05) is 0 Å². The monoisotopic (exact) mass is 378 g/mol. The van der Waals surface area contributed by atoms with Crippen molar-refractivity contribution in [2.75, 3.05) is 18.4 Å². The fraction of sp³-hybridized carbons (Fsp3) is 0.278. The second-order valence-corrected chi connectivity index (χ2v) is 6.13. The number of benzene rings is 1. The highest BCUT2D eigenvalue weighted by Gasteiger charge is 2.28. The van der Waals surface area contributed by atoms with E-state index in [0.717, 1.165) is 12.1 Å². The maximum absolute atomic E-state index is 13.3. The van der Waals surface area contributed by atoms with Crippen LogP contribution < -0.4 is 10.6 Å². The van der Waals surface area contributed by atoms with Gasteiger partial charge < -0.3 is 15.5 Å². The molecule has 3 rings (SSSR count). The van der Waals surface area contributed by atoms with Gasteiger partial charge in [0.25, 0.3) is 5.91 Å². The molecular formula is C18H17F3N4O2. The number of hydrogen-bond donors (Lipinski definition) is 2. The van der Waals surface area contributed by atoms with Crippen molar-refractivity contribution >= 4 is 17.6 Å². The number of halogens is 3. The van der Waals surface area contributed by atoms with Crippen molar-refractivity contribution in [2.24, 2.45) is 0 Å². The van der Waals surface area contributed by atoms with Gasteiger partial charge in [-0.15, -0.1) is 0 Å². The second-order valence-electron chi connectivity index (χ2n) is 6.13. The van der Waals surface area contributed by atoms with Gasteiger partial charge in [-0.2, -0.15) is 0 Å². The van der Waals surface area contributed by atoms with Crippen molar-refractivity contribution in [2.45, 2.75) is 20.0 Å². The third-order valence-electron chi connectivity index (χ3n) is 4.11. The van der Waals surface area contributed by atoms with Gasteiger partial charge >= 0.3 is 0 Å². The van der Waals surface area contributed by atoms with Crippen LogP contribution in [0.15, 0.2) is 24.3 Å². The number of amides is 2. The zero-order valence-electron chi connectivity index (χ0n) is 14.5. The topological polar surface area (TPSA) is 74.3 Å². The molecule has 1 aliphatic rings. The maximum Gasteiger partial charge on any atom is 0.256 e.